The number of carbonyl (C=O) groups is 1. The van der Waals surface area contributed by atoms with Gasteiger partial charge in [-0.3, -0.25) is 4.79 Å². The summed E-state index contributed by atoms with van der Waals surface area (Å²) in [4.78, 5) is 12.9. The molecule has 1 unspecified atom stereocenters. The minimum Gasteiger partial charge on any atom is -0.398 e. The number of anilines is 1. The first kappa shape index (κ1) is 16.5. The number of nitrogens with one attached hydrogen (secondary N) is 1. The summed E-state index contributed by atoms with van der Waals surface area (Å²) in [7, 11) is -2.13. The van der Waals surface area contributed by atoms with Crippen LogP contribution in [0.4, 0.5) is 5.69 Å². The molecule has 0 radical (unpaired) electrons. The van der Waals surface area contributed by atoms with E-state index in [0.717, 1.165) is 0 Å². The third-order valence-corrected chi connectivity index (χ3v) is 6.18. The number of carbonyl (C=O) groups excluding carboxylic acids is 1. The van der Waals surface area contributed by atoms with Crippen LogP contribution in [0, 0.1) is 0 Å². The van der Waals surface area contributed by atoms with Crippen LogP contribution in [0.15, 0.2) is 21.5 Å². The van der Waals surface area contributed by atoms with E-state index < -0.39 is 10.0 Å². The van der Waals surface area contributed by atoms with Gasteiger partial charge >= 0.3 is 0 Å². The Labute approximate surface area is 136 Å². The molecule has 1 aromatic carbocycles. The van der Waals surface area contributed by atoms with Crippen LogP contribution in [0.3, 0.4) is 0 Å². The Hall–Kier alpha value is -0.830. The number of amides is 1. The number of benzene rings is 1. The van der Waals surface area contributed by atoms with Crippen LogP contribution in [-0.2, 0) is 14.8 Å². The molecule has 21 heavy (non-hydrogen) atoms. The fourth-order valence-corrected chi connectivity index (χ4v) is 4.72. The number of rotatable bonds is 3. The smallest absolute Gasteiger partial charge is 0.242 e. The van der Waals surface area contributed by atoms with Gasteiger partial charge < -0.3 is 10.6 Å². The topological polar surface area (TPSA) is 92.5 Å². The number of hydrogen-bond donors (Lipinski definition) is 2. The van der Waals surface area contributed by atoms with E-state index in [1.54, 1.807) is 7.05 Å². The van der Waals surface area contributed by atoms with E-state index in [1.165, 1.54) is 17.0 Å². The largest absolute Gasteiger partial charge is 0.398 e. The van der Waals surface area contributed by atoms with Gasteiger partial charge in [-0.05, 0) is 34.5 Å². The molecule has 1 amide bonds. The predicted molar refractivity (Wildman–Crippen MR) is 84.5 cm³/mol. The molecule has 0 aromatic heterocycles. The average molecular weight is 397 g/mol. The lowest BCUT2D eigenvalue weighted by atomic mass is 10.1. The van der Waals surface area contributed by atoms with E-state index in [-0.39, 0.29) is 32.0 Å². The lowest BCUT2D eigenvalue weighted by Crippen LogP contribution is -2.48. The Morgan fingerprint density at radius 2 is 2.14 bits per heavy atom. The van der Waals surface area contributed by atoms with Gasteiger partial charge in [0, 0.05) is 36.8 Å². The highest BCUT2D eigenvalue weighted by Gasteiger charge is 2.28. The minimum atomic E-state index is -3.78. The molecule has 1 aromatic rings. The van der Waals surface area contributed by atoms with Crippen LogP contribution in [0.25, 0.3) is 0 Å². The van der Waals surface area contributed by atoms with E-state index in [0.29, 0.717) is 19.4 Å². The summed E-state index contributed by atoms with van der Waals surface area (Å²) in [5.74, 6) is 0.0126. The number of nitrogens with two attached hydrogens (primary N) is 1. The van der Waals surface area contributed by atoms with E-state index in [1.807, 2.05) is 0 Å². The maximum Gasteiger partial charge on any atom is 0.242 e. The first-order chi connectivity index (χ1) is 9.70. The summed E-state index contributed by atoms with van der Waals surface area (Å²) in [5, 5.41) is 0.243. The third kappa shape index (κ3) is 3.68. The van der Waals surface area contributed by atoms with Crippen molar-refractivity contribution in [3.63, 3.8) is 0 Å². The van der Waals surface area contributed by atoms with Gasteiger partial charge in [-0.25, -0.2) is 13.1 Å². The van der Waals surface area contributed by atoms with E-state index in [2.05, 4.69) is 20.7 Å². The van der Waals surface area contributed by atoms with Crippen molar-refractivity contribution >= 4 is 49.1 Å². The number of nitrogen functional groups attached to an aromatic ring is 1. The number of likely N-dealkylation sites (N-methyl/N-ethyl adjacent to an activating group) is 1. The van der Waals surface area contributed by atoms with Crippen molar-refractivity contribution in [2.45, 2.75) is 23.8 Å². The molecule has 1 aliphatic heterocycles. The number of likely N-dealkylation sites (tertiary alicyclic amines) is 1. The summed E-state index contributed by atoms with van der Waals surface area (Å²) in [6, 6.07) is 2.48. The van der Waals surface area contributed by atoms with Gasteiger partial charge in [0.05, 0.1) is 9.37 Å². The maximum absolute atomic E-state index is 12.5. The standard InChI is InChI=1S/C12H15BrClN3O3S/c1-17-6-8(2-3-11(17)18)16-21(19,20)10-5-7(14)4-9(15)12(10)13/h4-5,8,16H,2-3,6,15H2,1H3. The van der Waals surface area contributed by atoms with Crippen molar-refractivity contribution in [3.05, 3.63) is 21.6 Å². The first-order valence-corrected chi connectivity index (χ1v) is 8.87. The molecular formula is C12H15BrClN3O3S. The summed E-state index contributed by atoms with van der Waals surface area (Å²) >= 11 is 9.04. The molecule has 9 heteroatoms. The normalized spacial score (nSPS) is 19.9. The van der Waals surface area contributed by atoms with Crippen LogP contribution < -0.4 is 10.5 Å². The Morgan fingerprint density at radius 3 is 2.76 bits per heavy atom. The fourth-order valence-electron chi connectivity index (χ4n) is 2.17. The quantitative estimate of drug-likeness (QED) is 0.759. The monoisotopic (exact) mass is 395 g/mol. The molecule has 1 saturated heterocycles. The van der Waals surface area contributed by atoms with Gasteiger partial charge in [0.15, 0.2) is 0 Å². The van der Waals surface area contributed by atoms with Gasteiger partial charge in [-0.15, -0.1) is 0 Å². The second-order valence-electron chi connectivity index (χ2n) is 4.94. The number of halogens is 2. The minimum absolute atomic E-state index is 0.00736. The molecule has 1 heterocycles. The number of piperidine rings is 1. The lowest BCUT2D eigenvalue weighted by molar-refractivity contribution is -0.132. The lowest BCUT2D eigenvalue weighted by Gasteiger charge is -2.30. The first-order valence-electron chi connectivity index (χ1n) is 6.21. The van der Waals surface area contributed by atoms with Crippen LogP contribution in [0.2, 0.25) is 5.02 Å². The van der Waals surface area contributed by atoms with Crippen molar-refractivity contribution in [1.29, 1.82) is 0 Å². The molecule has 2 rings (SSSR count). The van der Waals surface area contributed by atoms with Gasteiger partial charge in [0.1, 0.15) is 0 Å². The summed E-state index contributed by atoms with van der Waals surface area (Å²) in [5.41, 5.74) is 5.96. The molecule has 0 aliphatic carbocycles. The highest BCUT2D eigenvalue weighted by Crippen LogP contribution is 2.31. The zero-order chi connectivity index (χ0) is 15.8. The molecule has 1 fully saturated rings. The van der Waals surface area contributed by atoms with Gasteiger partial charge in [-0.1, -0.05) is 11.6 Å². The predicted octanol–water partition coefficient (Wildman–Crippen LogP) is 1.58. The van der Waals surface area contributed by atoms with Crippen molar-refractivity contribution in [1.82, 2.24) is 9.62 Å². The van der Waals surface area contributed by atoms with E-state index in [9.17, 15) is 13.2 Å². The fraction of sp³-hybridized carbons (Fsp3) is 0.417. The van der Waals surface area contributed by atoms with Crippen molar-refractivity contribution in [2.24, 2.45) is 0 Å². The molecule has 0 bridgehead atoms. The van der Waals surface area contributed by atoms with Crippen molar-refractivity contribution < 1.29 is 13.2 Å². The highest BCUT2D eigenvalue weighted by molar-refractivity contribution is 9.10. The SMILES string of the molecule is CN1CC(NS(=O)(=O)c2cc(Cl)cc(N)c2Br)CCC1=O. The Morgan fingerprint density at radius 1 is 1.48 bits per heavy atom. The van der Waals surface area contributed by atoms with Gasteiger partial charge in [0.2, 0.25) is 15.9 Å². The zero-order valence-corrected chi connectivity index (χ0v) is 14.4. The number of nitrogens with zero attached hydrogens (tertiary/aromatic N) is 1. The molecule has 0 spiro atoms. The molecule has 6 nitrogen and oxygen atoms in total. The van der Waals surface area contributed by atoms with Crippen molar-refractivity contribution in [2.75, 3.05) is 19.3 Å². The third-order valence-electron chi connectivity index (χ3n) is 3.27. The highest BCUT2D eigenvalue weighted by atomic mass is 79.9. The van der Waals surface area contributed by atoms with E-state index >= 15 is 0 Å². The van der Waals surface area contributed by atoms with Crippen molar-refractivity contribution in [3.8, 4) is 0 Å². The van der Waals surface area contributed by atoms with Crippen LogP contribution >= 0.6 is 27.5 Å². The number of sulfonamides is 1. The molecule has 1 atom stereocenters. The Balaban J connectivity index is 2.25. The van der Waals surface area contributed by atoms with Crippen LogP contribution in [-0.4, -0.2) is 38.9 Å². The summed E-state index contributed by atoms with van der Waals surface area (Å²) in [6.45, 7) is 0.339. The molecular weight excluding hydrogens is 382 g/mol. The van der Waals surface area contributed by atoms with Crippen LogP contribution in [0.1, 0.15) is 12.8 Å². The van der Waals surface area contributed by atoms with Crippen LogP contribution in [0.5, 0.6) is 0 Å². The Kier molecular flexibility index (Phi) is 4.82. The molecule has 3 N–H and O–H groups in total. The average Bonchev–Trinajstić information content (AvgIpc) is 2.37. The van der Waals surface area contributed by atoms with E-state index in [4.69, 9.17) is 17.3 Å². The molecule has 1 aliphatic rings. The zero-order valence-electron chi connectivity index (χ0n) is 11.3. The number of hydrogen-bond acceptors (Lipinski definition) is 4. The second kappa shape index (κ2) is 6.12. The maximum atomic E-state index is 12.5. The summed E-state index contributed by atoms with van der Waals surface area (Å²) in [6.07, 6.45) is 0.790. The molecule has 116 valence electrons. The Bertz CT molecular complexity index is 681. The van der Waals surface area contributed by atoms with Gasteiger partial charge in [0.25, 0.3) is 0 Å². The second-order valence-corrected chi connectivity index (χ2v) is 7.85. The van der Waals surface area contributed by atoms with Gasteiger partial charge in [-0.2, -0.15) is 0 Å². The molecule has 0 saturated carbocycles. The summed E-state index contributed by atoms with van der Waals surface area (Å²) < 4.78 is 27.8.